The van der Waals surface area contributed by atoms with Gasteiger partial charge in [-0.15, -0.1) is 11.8 Å². The first-order valence-corrected chi connectivity index (χ1v) is 6.17. The third-order valence-electron chi connectivity index (χ3n) is 2.33. The van der Waals surface area contributed by atoms with Crippen molar-refractivity contribution in [3.05, 3.63) is 29.3 Å². The van der Waals surface area contributed by atoms with E-state index in [1.807, 2.05) is 0 Å². The summed E-state index contributed by atoms with van der Waals surface area (Å²) in [7, 11) is 0. The summed E-state index contributed by atoms with van der Waals surface area (Å²) in [6.07, 6.45) is 0.493. The predicted molar refractivity (Wildman–Crippen MR) is 66.9 cm³/mol. The van der Waals surface area contributed by atoms with E-state index < -0.39 is 12.0 Å². The number of thioether (sulfide) groups is 1. The van der Waals surface area contributed by atoms with E-state index >= 15 is 0 Å². The van der Waals surface area contributed by atoms with Gasteiger partial charge in [0.2, 0.25) is 0 Å². The van der Waals surface area contributed by atoms with E-state index in [-0.39, 0.29) is 0 Å². The Labute approximate surface area is 100 Å². The molecule has 0 aromatic heterocycles. The number of carbonyl (C=O) groups is 1. The summed E-state index contributed by atoms with van der Waals surface area (Å²) in [6.45, 7) is 4.12. The molecule has 1 aromatic rings. The van der Waals surface area contributed by atoms with Crippen molar-refractivity contribution in [2.75, 3.05) is 5.75 Å². The number of benzene rings is 1. The molecule has 1 atom stereocenters. The molecule has 88 valence electrons. The summed E-state index contributed by atoms with van der Waals surface area (Å²) in [4.78, 5) is 11.7. The lowest BCUT2D eigenvalue weighted by Gasteiger charge is -2.08. The zero-order valence-electron chi connectivity index (χ0n) is 9.56. The Hall–Kier alpha value is -1.00. The van der Waals surface area contributed by atoms with Gasteiger partial charge in [-0.25, -0.2) is 0 Å². The van der Waals surface area contributed by atoms with E-state index in [1.165, 1.54) is 16.0 Å². The summed E-state index contributed by atoms with van der Waals surface area (Å²) < 4.78 is 0. The van der Waals surface area contributed by atoms with Gasteiger partial charge in [0, 0.05) is 10.6 Å². The molecule has 0 saturated carbocycles. The van der Waals surface area contributed by atoms with Gasteiger partial charge in [-0.05, 0) is 31.9 Å². The summed E-state index contributed by atoms with van der Waals surface area (Å²) in [5.74, 6) is -0.196. The summed E-state index contributed by atoms with van der Waals surface area (Å²) >= 11 is 1.66. The maximum absolute atomic E-state index is 10.5. The van der Waals surface area contributed by atoms with Crippen LogP contribution in [0, 0.1) is 13.8 Å². The summed E-state index contributed by atoms with van der Waals surface area (Å²) in [6, 6.07) is 5.51. The fourth-order valence-electron chi connectivity index (χ4n) is 1.38. The highest BCUT2D eigenvalue weighted by molar-refractivity contribution is 7.99. The first-order valence-electron chi connectivity index (χ1n) is 5.19. The van der Waals surface area contributed by atoms with Gasteiger partial charge >= 0.3 is 5.97 Å². The van der Waals surface area contributed by atoms with Gasteiger partial charge in [-0.2, -0.15) is 0 Å². The first kappa shape index (κ1) is 13.1. The SMILES string of the molecule is Cc1ccc(SCCC(N)C(=O)O)c(C)c1. The van der Waals surface area contributed by atoms with Gasteiger partial charge in [0.05, 0.1) is 0 Å². The molecule has 0 amide bonds. The highest BCUT2D eigenvalue weighted by atomic mass is 32.2. The van der Waals surface area contributed by atoms with Gasteiger partial charge in [0.15, 0.2) is 0 Å². The molecular weight excluding hydrogens is 222 g/mol. The van der Waals surface area contributed by atoms with Crippen LogP contribution in [0.3, 0.4) is 0 Å². The molecule has 4 heteroatoms. The Morgan fingerprint density at radius 2 is 2.19 bits per heavy atom. The van der Waals surface area contributed by atoms with Crippen molar-refractivity contribution in [3.8, 4) is 0 Å². The number of aryl methyl sites for hydroxylation is 2. The van der Waals surface area contributed by atoms with Crippen LogP contribution in [0.1, 0.15) is 17.5 Å². The normalized spacial score (nSPS) is 12.4. The van der Waals surface area contributed by atoms with Gasteiger partial charge in [0.25, 0.3) is 0 Å². The smallest absolute Gasteiger partial charge is 0.320 e. The Bertz CT molecular complexity index is 379. The van der Waals surface area contributed by atoms with Crippen molar-refractivity contribution in [1.82, 2.24) is 0 Å². The Morgan fingerprint density at radius 3 is 2.75 bits per heavy atom. The average Bonchev–Trinajstić information content (AvgIpc) is 2.20. The second-order valence-electron chi connectivity index (χ2n) is 3.85. The largest absolute Gasteiger partial charge is 0.480 e. The molecular formula is C12H17NO2S. The lowest BCUT2D eigenvalue weighted by molar-refractivity contribution is -0.138. The zero-order valence-corrected chi connectivity index (χ0v) is 10.4. The number of aliphatic carboxylic acids is 1. The number of rotatable bonds is 5. The summed E-state index contributed by atoms with van der Waals surface area (Å²) in [5.41, 5.74) is 7.90. The molecule has 0 saturated heterocycles. The van der Waals surface area contributed by atoms with Crippen molar-refractivity contribution in [1.29, 1.82) is 0 Å². The highest BCUT2D eigenvalue weighted by Crippen LogP contribution is 2.23. The topological polar surface area (TPSA) is 63.3 Å². The van der Waals surface area contributed by atoms with Crippen LogP contribution >= 0.6 is 11.8 Å². The second-order valence-corrected chi connectivity index (χ2v) is 4.99. The number of carboxylic acids is 1. The number of hydrogen-bond acceptors (Lipinski definition) is 3. The molecule has 0 fully saturated rings. The number of hydrogen-bond donors (Lipinski definition) is 2. The van der Waals surface area contributed by atoms with Crippen molar-refractivity contribution in [2.45, 2.75) is 31.2 Å². The maximum Gasteiger partial charge on any atom is 0.320 e. The minimum absolute atomic E-state index is 0.493. The van der Waals surface area contributed by atoms with Crippen LogP contribution in [-0.2, 0) is 4.79 Å². The molecule has 0 bridgehead atoms. The Kier molecular flexibility index (Phi) is 4.83. The molecule has 0 aliphatic rings. The van der Waals surface area contributed by atoms with E-state index in [1.54, 1.807) is 11.8 Å². The van der Waals surface area contributed by atoms with Crippen molar-refractivity contribution < 1.29 is 9.90 Å². The van der Waals surface area contributed by atoms with Crippen LogP contribution in [0.2, 0.25) is 0 Å². The molecule has 0 aliphatic carbocycles. The molecule has 0 radical (unpaired) electrons. The van der Waals surface area contributed by atoms with E-state index in [9.17, 15) is 4.79 Å². The Morgan fingerprint density at radius 1 is 1.50 bits per heavy atom. The molecule has 0 aliphatic heterocycles. The third-order valence-corrected chi connectivity index (χ3v) is 3.54. The Balaban J connectivity index is 2.46. The second kappa shape index (κ2) is 5.92. The maximum atomic E-state index is 10.5. The van der Waals surface area contributed by atoms with Crippen LogP contribution in [-0.4, -0.2) is 22.9 Å². The fourth-order valence-corrected chi connectivity index (χ4v) is 2.42. The van der Waals surface area contributed by atoms with Crippen LogP contribution in [0.4, 0.5) is 0 Å². The van der Waals surface area contributed by atoms with Gasteiger partial charge < -0.3 is 10.8 Å². The van der Waals surface area contributed by atoms with Crippen LogP contribution < -0.4 is 5.73 Å². The monoisotopic (exact) mass is 239 g/mol. The van der Waals surface area contributed by atoms with Crippen LogP contribution in [0.15, 0.2) is 23.1 Å². The van der Waals surface area contributed by atoms with Crippen molar-refractivity contribution in [3.63, 3.8) is 0 Å². The summed E-state index contributed by atoms with van der Waals surface area (Å²) in [5, 5.41) is 8.64. The van der Waals surface area contributed by atoms with E-state index in [0.29, 0.717) is 6.42 Å². The molecule has 1 aromatic carbocycles. The lowest BCUT2D eigenvalue weighted by atomic mass is 10.2. The molecule has 3 nitrogen and oxygen atoms in total. The van der Waals surface area contributed by atoms with Crippen molar-refractivity contribution >= 4 is 17.7 Å². The van der Waals surface area contributed by atoms with E-state index in [2.05, 4.69) is 32.0 Å². The molecule has 0 heterocycles. The standard InChI is InChI=1S/C12H17NO2S/c1-8-3-4-11(9(2)7-8)16-6-5-10(13)12(14)15/h3-4,7,10H,5-6,13H2,1-2H3,(H,14,15). The number of nitrogens with two attached hydrogens (primary N) is 1. The number of carboxylic acid groups (broad SMARTS) is 1. The molecule has 0 spiro atoms. The fraction of sp³-hybridized carbons (Fsp3) is 0.417. The molecule has 1 rings (SSSR count). The zero-order chi connectivity index (χ0) is 12.1. The average molecular weight is 239 g/mol. The van der Waals surface area contributed by atoms with E-state index in [4.69, 9.17) is 10.8 Å². The van der Waals surface area contributed by atoms with Crippen LogP contribution in [0.25, 0.3) is 0 Å². The molecule has 3 N–H and O–H groups in total. The minimum atomic E-state index is -0.929. The third kappa shape index (κ3) is 3.87. The quantitative estimate of drug-likeness (QED) is 0.773. The highest BCUT2D eigenvalue weighted by Gasteiger charge is 2.10. The van der Waals surface area contributed by atoms with Crippen molar-refractivity contribution in [2.24, 2.45) is 5.73 Å². The van der Waals surface area contributed by atoms with E-state index in [0.717, 1.165) is 5.75 Å². The molecule has 1 unspecified atom stereocenters. The molecule has 16 heavy (non-hydrogen) atoms. The van der Waals surface area contributed by atoms with Gasteiger partial charge in [-0.3, -0.25) is 4.79 Å². The first-order chi connectivity index (χ1) is 7.50. The van der Waals surface area contributed by atoms with Crippen LogP contribution in [0.5, 0.6) is 0 Å². The lowest BCUT2D eigenvalue weighted by Crippen LogP contribution is -2.30. The van der Waals surface area contributed by atoms with Gasteiger partial charge in [0.1, 0.15) is 6.04 Å². The van der Waals surface area contributed by atoms with Gasteiger partial charge in [-0.1, -0.05) is 17.7 Å². The minimum Gasteiger partial charge on any atom is -0.480 e. The predicted octanol–water partition coefficient (Wildman–Crippen LogP) is 2.20.